The Balaban J connectivity index is 1.90. The number of nitrogens with zero attached hydrogens (tertiary/aromatic N) is 1. The van der Waals surface area contributed by atoms with E-state index >= 15 is 0 Å². The molecule has 0 aliphatic heterocycles. The number of benzene rings is 3. The van der Waals surface area contributed by atoms with E-state index in [0.717, 1.165) is 24.5 Å². The van der Waals surface area contributed by atoms with Gasteiger partial charge in [0.1, 0.15) is 17.3 Å². The highest BCUT2D eigenvalue weighted by molar-refractivity contribution is 7.78. The summed E-state index contributed by atoms with van der Waals surface area (Å²) in [6.07, 6.45) is 1.99. The topological polar surface area (TPSA) is 12.4 Å². The standard InChI is InChI=1S/C24H16F3NS/c1-2-3-16-4-8-18(9-5-16)19-13-21(25)20(22(26)14-19)10-6-17-7-11-24(28-15-29)23(27)12-17/h4-5,7-9,11-14H,2-3H2,1H3. The fourth-order valence-corrected chi connectivity index (χ4v) is 2.97. The minimum atomic E-state index is -0.771. The Labute approximate surface area is 172 Å². The Hall–Kier alpha value is -3.19. The average Bonchev–Trinajstić information content (AvgIpc) is 2.70. The summed E-state index contributed by atoms with van der Waals surface area (Å²) in [5.41, 5.74) is 2.25. The molecule has 3 rings (SSSR count). The molecule has 0 fully saturated rings. The van der Waals surface area contributed by atoms with E-state index in [1.54, 1.807) is 0 Å². The molecule has 0 atom stereocenters. The number of isothiocyanates is 1. The highest BCUT2D eigenvalue weighted by atomic mass is 32.1. The first-order valence-corrected chi connectivity index (χ1v) is 9.40. The molecule has 3 aromatic carbocycles. The van der Waals surface area contributed by atoms with Crippen LogP contribution in [0.25, 0.3) is 11.1 Å². The van der Waals surface area contributed by atoms with Crippen LogP contribution in [-0.4, -0.2) is 5.16 Å². The number of halogens is 3. The van der Waals surface area contributed by atoms with Crippen molar-refractivity contribution in [2.24, 2.45) is 4.99 Å². The van der Waals surface area contributed by atoms with Crippen LogP contribution in [0.3, 0.4) is 0 Å². The first kappa shape index (κ1) is 20.5. The van der Waals surface area contributed by atoms with Crippen LogP contribution in [0, 0.1) is 29.3 Å². The maximum atomic E-state index is 14.5. The summed E-state index contributed by atoms with van der Waals surface area (Å²) < 4.78 is 42.8. The van der Waals surface area contributed by atoms with Crippen molar-refractivity contribution in [1.29, 1.82) is 0 Å². The van der Waals surface area contributed by atoms with Crippen molar-refractivity contribution in [3.8, 4) is 23.0 Å². The monoisotopic (exact) mass is 407 g/mol. The molecule has 1 nitrogen and oxygen atoms in total. The maximum Gasteiger partial charge on any atom is 0.150 e. The van der Waals surface area contributed by atoms with E-state index in [4.69, 9.17) is 0 Å². The second-order valence-electron chi connectivity index (χ2n) is 6.38. The molecule has 0 saturated heterocycles. The van der Waals surface area contributed by atoms with Gasteiger partial charge >= 0.3 is 0 Å². The zero-order valence-corrected chi connectivity index (χ0v) is 16.4. The minimum Gasteiger partial charge on any atom is -0.205 e. The minimum absolute atomic E-state index is 0.0252. The predicted molar refractivity (Wildman–Crippen MR) is 113 cm³/mol. The van der Waals surface area contributed by atoms with Crippen LogP contribution in [0.5, 0.6) is 0 Å². The Morgan fingerprint density at radius 1 is 0.828 bits per heavy atom. The molecule has 0 aromatic heterocycles. The largest absolute Gasteiger partial charge is 0.205 e. The molecule has 0 radical (unpaired) electrons. The van der Waals surface area contributed by atoms with Crippen LogP contribution in [0.4, 0.5) is 18.9 Å². The summed E-state index contributed by atoms with van der Waals surface area (Å²) in [6.45, 7) is 2.09. The third kappa shape index (κ3) is 5.00. The smallest absolute Gasteiger partial charge is 0.150 e. The van der Waals surface area contributed by atoms with Crippen molar-refractivity contribution in [2.75, 3.05) is 0 Å². The fraction of sp³-hybridized carbons (Fsp3) is 0.125. The van der Waals surface area contributed by atoms with Crippen LogP contribution in [0.2, 0.25) is 0 Å². The van der Waals surface area contributed by atoms with Crippen LogP contribution < -0.4 is 0 Å². The van der Waals surface area contributed by atoms with Crippen LogP contribution in [-0.2, 0) is 6.42 Å². The predicted octanol–water partition coefficient (Wildman–Crippen LogP) is 6.86. The van der Waals surface area contributed by atoms with Crippen LogP contribution in [0.15, 0.2) is 59.6 Å². The molecule has 0 N–H and O–H groups in total. The van der Waals surface area contributed by atoms with Gasteiger partial charge in [0.2, 0.25) is 0 Å². The molecule has 0 aliphatic rings. The Bertz CT molecular complexity index is 1130. The summed E-state index contributed by atoms with van der Waals surface area (Å²) in [5.74, 6) is 2.84. The number of hydrogen-bond acceptors (Lipinski definition) is 2. The van der Waals surface area contributed by atoms with Crippen molar-refractivity contribution in [3.05, 3.63) is 88.7 Å². The third-order valence-corrected chi connectivity index (χ3v) is 4.40. The number of hydrogen-bond donors (Lipinski definition) is 0. The molecular formula is C24H16F3NS. The average molecular weight is 407 g/mol. The Morgan fingerprint density at radius 2 is 1.52 bits per heavy atom. The molecule has 29 heavy (non-hydrogen) atoms. The van der Waals surface area contributed by atoms with E-state index in [0.29, 0.717) is 5.56 Å². The quantitative estimate of drug-likeness (QED) is 0.261. The van der Waals surface area contributed by atoms with Gasteiger partial charge in [-0.15, -0.1) is 0 Å². The van der Waals surface area contributed by atoms with Crippen molar-refractivity contribution in [1.82, 2.24) is 0 Å². The van der Waals surface area contributed by atoms with Gasteiger partial charge in [0.25, 0.3) is 0 Å². The van der Waals surface area contributed by atoms with Crippen LogP contribution >= 0.6 is 12.2 Å². The number of rotatable bonds is 4. The Morgan fingerprint density at radius 3 is 2.10 bits per heavy atom. The summed E-state index contributed by atoms with van der Waals surface area (Å²) in [6, 6.07) is 14.1. The summed E-state index contributed by atoms with van der Waals surface area (Å²) >= 11 is 4.44. The van der Waals surface area contributed by atoms with E-state index in [1.807, 2.05) is 24.3 Å². The van der Waals surface area contributed by atoms with Crippen molar-refractivity contribution in [3.63, 3.8) is 0 Å². The van der Waals surface area contributed by atoms with Gasteiger partial charge in [-0.1, -0.05) is 49.5 Å². The molecule has 0 spiro atoms. The van der Waals surface area contributed by atoms with E-state index in [-0.39, 0.29) is 16.8 Å². The van der Waals surface area contributed by atoms with Gasteiger partial charge in [-0.25, -0.2) is 13.2 Å². The van der Waals surface area contributed by atoms with Crippen molar-refractivity contribution in [2.45, 2.75) is 19.8 Å². The van der Waals surface area contributed by atoms with E-state index < -0.39 is 17.5 Å². The van der Waals surface area contributed by atoms with E-state index in [2.05, 4.69) is 41.1 Å². The highest BCUT2D eigenvalue weighted by Gasteiger charge is 2.11. The first-order chi connectivity index (χ1) is 14.0. The van der Waals surface area contributed by atoms with Crippen LogP contribution in [0.1, 0.15) is 30.0 Å². The summed E-state index contributed by atoms with van der Waals surface area (Å²) in [5, 5.41) is 2.08. The van der Waals surface area contributed by atoms with Crippen molar-refractivity contribution >= 4 is 23.1 Å². The van der Waals surface area contributed by atoms with E-state index in [9.17, 15) is 13.2 Å². The second kappa shape index (κ2) is 9.34. The van der Waals surface area contributed by atoms with E-state index in [1.165, 1.54) is 29.8 Å². The molecule has 0 heterocycles. The summed E-state index contributed by atoms with van der Waals surface area (Å²) in [4.78, 5) is 3.57. The fourth-order valence-electron chi connectivity index (χ4n) is 2.87. The molecule has 3 aromatic rings. The highest BCUT2D eigenvalue weighted by Crippen LogP contribution is 2.25. The second-order valence-corrected chi connectivity index (χ2v) is 6.56. The lowest BCUT2D eigenvalue weighted by molar-refractivity contribution is 0.578. The zero-order chi connectivity index (χ0) is 20.8. The van der Waals surface area contributed by atoms with Gasteiger partial charge in [0.05, 0.1) is 10.7 Å². The molecule has 0 unspecified atom stereocenters. The van der Waals surface area contributed by atoms with Gasteiger partial charge in [-0.2, -0.15) is 4.99 Å². The van der Waals surface area contributed by atoms with Gasteiger partial charge in [0.15, 0.2) is 5.82 Å². The summed E-state index contributed by atoms with van der Waals surface area (Å²) in [7, 11) is 0. The normalized spacial score (nSPS) is 10.1. The number of thiocarbonyl (C=S) groups is 1. The Kier molecular flexibility index (Phi) is 6.61. The number of aliphatic imine (C=N–C) groups is 1. The van der Waals surface area contributed by atoms with Gasteiger partial charge in [-0.3, -0.25) is 0 Å². The molecule has 0 amide bonds. The molecule has 0 bridgehead atoms. The SMILES string of the molecule is CCCc1ccc(-c2cc(F)c(C#Cc3ccc(N=C=S)c(F)c3)c(F)c2)cc1. The first-order valence-electron chi connectivity index (χ1n) is 8.99. The number of aryl methyl sites for hydroxylation is 1. The molecule has 5 heteroatoms. The van der Waals surface area contributed by atoms with Crippen molar-refractivity contribution < 1.29 is 13.2 Å². The zero-order valence-electron chi connectivity index (χ0n) is 15.6. The maximum absolute atomic E-state index is 14.5. The van der Waals surface area contributed by atoms with Gasteiger partial charge in [-0.05, 0) is 65.7 Å². The molecular weight excluding hydrogens is 391 g/mol. The lowest BCUT2D eigenvalue weighted by Crippen LogP contribution is -1.93. The van der Waals surface area contributed by atoms with Gasteiger partial charge < -0.3 is 0 Å². The molecule has 144 valence electrons. The lowest BCUT2D eigenvalue weighted by Gasteiger charge is -2.06. The third-order valence-electron chi connectivity index (χ3n) is 4.31. The molecule has 0 saturated carbocycles. The van der Waals surface area contributed by atoms with Gasteiger partial charge in [0, 0.05) is 5.56 Å². The molecule has 0 aliphatic carbocycles. The lowest BCUT2D eigenvalue weighted by atomic mass is 10.0.